The van der Waals surface area contributed by atoms with E-state index in [0.717, 1.165) is 6.07 Å². The van der Waals surface area contributed by atoms with Crippen molar-refractivity contribution in [3.8, 4) is 0 Å². The number of hydrogen-bond donors (Lipinski definition) is 0. The summed E-state index contributed by atoms with van der Waals surface area (Å²) in [4.78, 5) is 14.9. The standard InChI is InChI=1S/C14H20F2N2O2/c1-17(2)13(19)10-18(7-8-20-3)9-11-5-4-6-12(15)14(11)16/h4-6H,7-10H2,1-3H3. The highest BCUT2D eigenvalue weighted by Gasteiger charge is 2.16. The zero-order chi connectivity index (χ0) is 15.1. The van der Waals surface area contributed by atoms with Crippen molar-refractivity contribution >= 4 is 5.91 Å². The Hall–Kier alpha value is -1.53. The van der Waals surface area contributed by atoms with Crippen molar-refractivity contribution < 1.29 is 18.3 Å². The number of halogens is 2. The molecule has 20 heavy (non-hydrogen) atoms. The Morgan fingerprint density at radius 3 is 2.60 bits per heavy atom. The van der Waals surface area contributed by atoms with Gasteiger partial charge in [-0.2, -0.15) is 0 Å². The topological polar surface area (TPSA) is 32.8 Å². The maximum absolute atomic E-state index is 13.7. The van der Waals surface area contributed by atoms with Crippen LogP contribution in [0.2, 0.25) is 0 Å². The maximum Gasteiger partial charge on any atom is 0.236 e. The Kier molecular flexibility index (Phi) is 6.54. The molecule has 6 heteroatoms. The Balaban J connectivity index is 2.78. The van der Waals surface area contributed by atoms with Gasteiger partial charge in [-0.1, -0.05) is 12.1 Å². The molecule has 1 rings (SSSR count). The molecule has 0 fully saturated rings. The van der Waals surface area contributed by atoms with Gasteiger partial charge in [-0.05, 0) is 6.07 Å². The average Bonchev–Trinajstić information content (AvgIpc) is 2.40. The number of methoxy groups -OCH3 is 1. The molecule has 4 nitrogen and oxygen atoms in total. The van der Waals surface area contributed by atoms with Gasteiger partial charge >= 0.3 is 0 Å². The molecule has 0 N–H and O–H groups in total. The van der Waals surface area contributed by atoms with E-state index in [-0.39, 0.29) is 24.6 Å². The molecule has 0 aliphatic carbocycles. The molecule has 0 bridgehead atoms. The van der Waals surface area contributed by atoms with Gasteiger partial charge in [-0.25, -0.2) is 8.78 Å². The molecule has 0 spiro atoms. The van der Waals surface area contributed by atoms with E-state index in [1.54, 1.807) is 26.1 Å². The minimum absolute atomic E-state index is 0.0992. The van der Waals surface area contributed by atoms with E-state index in [9.17, 15) is 13.6 Å². The second-order valence-corrected chi connectivity index (χ2v) is 4.70. The van der Waals surface area contributed by atoms with Crippen molar-refractivity contribution in [2.75, 3.05) is 40.9 Å². The second-order valence-electron chi connectivity index (χ2n) is 4.70. The zero-order valence-corrected chi connectivity index (χ0v) is 12.0. The quantitative estimate of drug-likeness (QED) is 0.761. The van der Waals surface area contributed by atoms with Crippen LogP contribution in [-0.4, -0.2) is 56.6 Å². The van der Waals surface area contributed by atoms with Crippen LogP contribution in [0.5, 0.6) is 0 Å². The number of ether oxygens (including phenoxy) is 1. The molecule has 1 aromatic rings. The Morgan fingerprint density at radius 1 is 1.30 bits per heavy atom. The molecular weight excluding hydrogens is 266 g/mol. The summed E-state index contributed by atoms with van der Waals surface area (Å²) in [6.45, 7) is 1.17. The highest BCUT2D eigenvalue weighted by molar-refractivity contribution is 5.77. The lowest BCUT2D eigenvalue weighted by Crippen LogP contribution is -2.38. The van der Waals surface area contributed by atoms with Crippen LogP contribution in [0.3, 0.4) is 0 Å². The van der Waals surface area contributed by atoms with Crippen molar-refractivity contribution in [3.63, 3.8) is 0 Å². The van der Waals surface area contributed by atoms with Crippen LogP contribution in [0.25, 0.3) is 0 Å². The van der Waals surface area contributed by atoms with Crippen LogP contribution in [0.4, 0.5) is 8.78 Å². The predicted molar refractivity (Wildman–Crippen MR) is 72.2 cm³/mol. The first kappa shape index (κ1) is 16.5. The number of amides is 1. The first-order valence-corrected chi connectivity index (χ1v) is 6.30. The summed E-state index contributed by atoms with van der Waals surface area (Å²) in [6, 6.07) is 4.04. The van der Waals surface area contributed by atoms with Gasteiger partial charge in [0.15, 0.2) is 11.6 Å². The normalized spacial score (nSPS) is 10.9. The SMILES string of the molecule is COCCN(CC(=O)N(C)C)Cc1cccc(F)c1F. The van der Waals surface area contributed by atoms with Gasteiger partial charge in [0.05, 0.1) is 13.2 Å². The van der Waals surface area contributed by atoms with Crippen LogP contribution in [-0.2, 0) is 16.1 Å². The molecule has 112 valence electrons. The monoisotopic (exact) mass is 286 g/mol. The second kappa shape index (κ2) is 7.91. The van der Waals surface area contributed by atoms with E-state index in [1.165, 1.54) is 17.0 Å². The summed E-state index contributed by atoms with van der Waals surface area (Å²) < 4.78 is 31.8. The molecule has 1 amide bonds. The van der Waals surface area contributed by atoms with Gasteiger partial charge in [0.1, 0.15) is 0 Å². The lowest BCUT2D eigenvalue weighted by Gasteiger charge is -2.23. The minimum atomic E-state index is -0.881. The summed E-state index contributed by atoms with van der Waals surface area (Å²) in [5.74, 6) is -1.85. The number of carbonyl (C=O) groups is 1. The molecule has 0 aliphatic rings. The van der Waals surface area contributed by atoms with Crippen molar-refractivity contribution in [2.24, 2.45) is 0 Å². The Morgan fingerprint density at radius 2 is 2.00 bits per heavy atom. The number of rotatable bonds is 7. The van der Waals surface area contributed by atoms with Gasteiger partial charge in [0.25, 0.3) is 0 Å². The van der Waals surface area contributed by atoms with E-state index in [4.69, 9.17) is 4.74 Å². The fourth-order valence-electron chi connectivity index (χ4n) is 1.68. The van der Waals surface area contributed by atoms with Gasteiger partial charge in [-0.15, -0.1) is 0 Å². The summed E-state index contributed by atoms with van der Waals surface area (Å²) >= 11 is 0. The molecule has 0 saturated carbocycles. The molecule has 1 aromatic carbocycles. The van der Waals surface area contributed by atoms with E-state index in [2.05, 4.69) is 0 Å². The van der Waals surface area contributed by atoms with E-state index in [1.807, 2.05) is 0 Å². The van der Waals surface area contributed by atoms with Crippen LogP contribution in [0.1, 0.15) is 5.56 Å². The highest BCUT2D eigenvalue weighted by Crippen LogP contribution is 2.13. The third-order valence-electron chi connectivity index (χ3n) is 2.89. The number of carbonyl (C=O) groups excluding carboxylic acids is 1. The predicted octanol–water partition coefficient (Wildman–Crippen LogP) is 1.50. The lowest BCUT2D eigenvalue weighted by molar-refractivity contribution is -0.130. The third-order valence-corrected chi connectivity index (χ3v) is 2.89. The third kappa shape index (κ3) is 4.86. The van der Waals surface area contributed by atoms with Gasteiger partial charge in [0, 0.05) is 39.9 Å². The van der Waals surface area contributed by atoms with Gasteiger partial charge in [-0.3, -0.25) is 9.69 Å². The highest BCUT2D eigenvalue weighted by atomic mass is 19.2. The van der Waals surface area contributed by atoms with Gasteiger partial charge in [0.2, 0.25) is 5.91 Å². The molecule has 0 radical (unpaired) electrons. The van der Waals surface area contributed by atoms with Crippen molar-refractivity contribution in [1.82, 2.24) is 9.80 Å². The number of nitrogens with zero attached hydrogens (tertiary/aromatic N) is 2. The van der Waals surface area contributed by atoms with E-state index >= 15 is 0 Å². The number of hydrogen-bond acceptors (Lipinski definition) is 3. The lowest BCUT2D eigenvalue weighted by atomic mass is 10.2. The molecule has 0 aromatic heterocycles. The Bertz CT molecular complexity index is 453. The van der Waals surface area contributed by atoms with E-state index in [0.29, 0.717) is 13.2 Å². The zero-order valence-electron chi connectivity index (χ0n) is 12.0. The first-order chi connectivity index (χ1) is 9.45. The van der Waals surface area contributed by atoms with Crippen LogP contribution < -0.4 is 0 Å². The summed E-state index contributed by atoms with van der Waals surface area (Å²) in [5.41, 5.74) is 0.229. The molecule has 0 unspecified atom stereocenters. The van der Waals surface area contributed by atoms with Crippen molar-refractivity contribution in [3.05, 3.63) is 35.4 Å². The van der Waals surface area contributed by atoms with Gasteiger partial charge < -0.3 is 9.64 Å². The number of benzene rings is 1. The minimum Gasteiger partial charge on any atom is -0.383 e. The molecule has 0 saturated heterocycles. The van der Waals surface area contributed by atoms with E-state index < -0.39 is 11.6 Å². The smallest absolute Gasteiger partial charge is 0.236 e. The molecule has 0 heterocycles. The largest absolute Gasteiger partial charge is 0.383 e. The van der Waals surface area contributed by atoms with Crippen molar-refractivity contribution in [2.45, 2.75) is 6.54 Å². The maximum atomic E-state index is 13.7. The average molecular weight is 286 g/mol. The van der Waals surface area contributed by atoms with Crippen LogP contribution in [0.15, 0.2) is 18.2 Å². The summed E-state index contributed by atoms with van der Waals surface area (Å²) in [7, 11) is 4.86. The molecule has 0 atom stereocenters. The van der Waals surface area contributed by atoms with Crippen LogP contribution in [0, 0.1) is 11.6 Å². The number of likely N-dealkylation sites (N-methyl/N-ethyl adjacent to an activating group) is 1. The molecular formula is C14H20F2N2O2. The fraction of sp³-hybridized carbons (Fsp3) is 0.500. The fourth-order valence-corrected chi connectivity index (χ4v) is 1.68. The van der Waals surface area contributed by atoms with Crippen LogP contribution >= 0.6 is 0 Å². The Labute approximate surface area is 117 Å². The molecule has 0 aliphatic heterocycles. The first-order valence-electron chi connectivity index (χ1n) is 6.30. The summed E-state index contributed by atoms with van der Waals surface area (Å²) in [6.07, 6.45) is 0. The summed E-state index contributed by atoms with van der Waals surface area (Å²) in [5, 5.41) is 0. The van der Waals surface area contributed by atoms with Crippen molar-refractivity contribution in [1.29, 1.82) is 0 Å².